The molecule has 18 heavy (non-hydrogen) atoms. The summed E-state index contributed by atoms with van der Waals surface area (Å²) < 4.78 is 1.23. The fourth-order valence-electron chi connectivity index (χ4n) is 2.21. The number of thiophene rings is 1. The Balaban J connectivity index is 1.69. The molecule has 0 saturated heterocycles. The SMILES string of the molecule is Brc1ccc(CN(Cc2ccccc2)C2CC2)s1. The number of nitrogens with zero attached hydrogens (tertiary/aromatic N) is 1. The first-order valence-corrected chi connectivity index (χ1v) is 7.94. The van der Waals surface area contributed by atoms with Crippen LogP contribution in [0.25, 0.3) is 0 Å². The Kier molecular flexibility index (Phi) is 3.83. The van der Waals surface area contributed by atoms with E-state index in [1.165, 1.54) is 27.1 Å². The molecule has 3 rings (SSSR count). The van der Waals surface area contributed by atoms with Crippen molar-refractivity contribution in [2.75, 3.05) is 0 Å². The van der Waals surface area contributed by atoms with Gasteiger partial charge in [-0.2, -0.15) is 0 Å². The third kappa shape index (κ3) is 3.22. The van der Waals surface area contributed by atoms with Gasteiger partial charge in [0.05, 0.1) is 3.79 Å². The van der Waals surface area contributed by atoms with Gasteiger partial charge < -0.3 is 0 Å². The summed E-state index contributed by atoms with van der Waals surface area (Å²) in [5, 5.41) is 0. The van der Waals surface area contributed by atoms with Crippen molar-refractivity contribution >= 4 is 27.3 Å². The molecule has 0 bridgehead atoms. The molecule has 0 aliphatic heterocycles. The van der Waals surface area contributed by atoms with Crippen LogP contribution in [0, 0.1) is 0 Å². The molecule has 2 aromatic rings. The minimum absolute atomic E-state index is 0.797. The molecule has 0 atom stereocenters. The highest BCUT2D eigenvalue weighted by molar-refractivity contribution is 9.11. The van der Waals surface area contributed by atoms with Gasteiger partial charge in [-0.3, -0.25) is 4.90 Å². The Labute approximate surface area is 121 Å². The van der Waals surface area contributed by atoms with Crippen molar-refractivity contribution in [1.82, 2.24) is 4.90 Å². The quantitative estimate of drug-likeness (QED) is 0.773. The standard InChI is InChI=1S/C15H16BrNS/c16-15-9-8-14(18-15)11-17(13-6-7-13)10-12-4-2-1-3-5-12/h1-5,8-9,13H,6-7,10-11H2. The molecule has 1 aliphatic rings. The van der Waals surface area contributed by atoms with Crippen LogP contribution in [0.2, 0.25) is 0 Å². The number of rotatable bonds is 5. The summed E-state index contributed by atoms with van der Waals surface area (Å²) in [6.45, 7) is 2.15. The third-order valence-electron chi connectivity index (χ3n) is 3.28. The van der Waals surface area contributed by atoms with Crippen molar-refractivity contribution in [3.8, 4) is 0 Å². The smallest absolute Gasteiger partial charge is 0.0701 e. The summed E-state index contributed by atoms with van der Waals surface area (Å²) in [7, 11) is 0. The first-order chi connectivity index (χ1) is 8.81. The Morgan fingerprint density at radius 2 is 1.83 bits per heavy atom. The Morgan fingerprint density at radius 1 is 1.06 bits per heavy atom. The highest BCUT2D eigenvalue weighted by Crippen LogP contribution is 2.32. The van der Waals surface area contributed by atoms with Gasteiger partial charge in [-0.15, -0.1) is 11.3 Å². The van der Waals surface area contributed by atoms with Crippen LogP contribution in [-0.2, 0) is 13.1 Å². The van der Waals surface area contributed by atoms with E-state index in [4.69, 9.17) is 0 Å². The van der Waals surface area contributed by atoms with Gasteiger partial charge >= 0.3 is 0 Å². The summed E-state index contributed by atoms with van der Waals surface area (Å²) in [5.41, 5.74) is 1.42. The maximum atomic E-state index is 3.54. The van der Waals surface area contributed by atoms with Gasteiger partial charge in [0.2, 0.25) is 0 Å². The van der Waals surface area contributed by atoms with Gasteiger partial charge in [0, 0.05) is 24.0 Å². The first-order valence-electron chi connectivity index (χ1n) is 6.33. The van der Waals surface area contributed by atoms with Gasteiger partial charge in [0.15, 0.2) is 0 Å². The molecule has 3 heteroatoms. The van der Waals surface area contributed by atoms with E-state index in [0.717, 1.165) is 19.1 Å². The molecule has 1 aromatic carbocycles. The number of hydrogen-bond donors (Lipinski definition) is 0. The lowest BCUT2D eigenvalue weighted by Crippen LogP contribution is -2.24. The summed E-state index contributed by atoms with van der Waals surface area (Å²) in [6, 6.07) is 16.0. The van der Waals surface area contributed by atoms with E-state index in [2.05, 4.69) is 63.3 Å². The monoisotopic (exact) mass is 321 g/mol. The highest BCUT2D eigenvalue weighted by atomic mass is 79.9. The second-order valence-electron chi connectivity index (χ2n) is 4.83. The van der Waals surface area contributed by atoms with Crippen LogP contribution in [0.15, 0.2) is 46.3 Å². The van der Waals surface area contributed by atoms with Gasteiger partial charge in [-0.05, 0) is 46.5 Å². The van der Waals surface area contributed by atoms with E-state index < -0.39 is 0 Å². The van der Waals surface area contributed by atoms with Crippen LogP contribution in [-0.4, -0.2) is 10.9 Å². The fraction of sp³-hybridized carbons (Fsp3) is 0.333. The first kappa shape index (κ1) is 12.4. The number of hydrogen-bond acceptors (Lipinski definition) is 2. The zero-order valence-electron chi connectivity index (χ0n) is 10.2. The highest BCUT2D eigenvalue weighted by Gasteiger charge is 2.29. The topological polar surface area (TPSA) is 3.24 Å². The molecule has 1 nitrogen and oxygen atoms in total. The van der Waals surface area contributed by atoms with Crippen molar-refractivity contribution in [3.63, 3.8) is 0 Å². The van der Waals surface area contributed by atoms with Gasteiger partial charge in [-0.25, -0.2) is 0 Å². The molecule has 1 aliphatic carbocycles. The minimum atomic E-state index is 0.797. The maximum Gasteiger partial charge on any atom is 0.0701 e. The molecular weight excluding hydrogens is 306 g/mol. The zero-order chi connectivity index (χ0) is 12.4. The van der Waals surface area contributed by atoms with E-state index in [-0.39, 0.29) is 0 Å². The third-order valence-corrected chi connectivity index (χ3v) is 4.89. The van der Waals surface area contributed by atoms with Crippen LogP contribution < -0.4 is 0 Å². The van der Waals surface area contributed by atoms with Crippen molar-refractivity contribution in [2.24, 2.45) is 0 Å². The second-order valence-corrected chi connectivity index (χ2v) is 7.38. The molecule has 1 aromatic heterocycles. The molecule has 1 heterocycles. The van der Waals surface area contributed by atoms with Crippen LogP contribution in [0.1, 0.15) is 23.3 Å². The van der Waals surface area contributed by atoms with E-state index in [0.29, 0.717) is 0 Å². The van der Waals surface area contributed by atoms with E-state index >= 15 is 0 Å². The zero-order valence-corrected chi connectivity index (χ0v) is 12.6. The lowest BCUT2D eigenvalue weighted by molar-refractivity contribution is 0.248. The summed E-state index contributed by atoms with van der Waals surface area (Å²) >= 11 is 5.39. The van der Waals surface area contributed by atoms with Crippen LogP contribution in [0.3, 0.4) is 0 Å². The summed E-state index contributed by atoms with van der Waals surface area (Å²) in [5.74, 6) is 0. The molecule has 0 spiro atoms. The predicted octanol–water partition coefficient (Wildman–Crippen LogP) is 4.68. The fourth-order valence-corrected chi connectivity index (χ4v) is 3.72. The van der Waals surface area contributed by atoms with Crippen LogP contribution in [0.4, 0.5) is 0 Å². The lowest BCUT2D eigenvalue weighted by Gasteiger charge is -2.21. The van der Waals surface area contributed by atoms with Gasteiger partial charge in [0.25, 0.3) is 0 Å². The second kappa shape index (κ2) is 5.55. The maximum absolute atomic E-state index is 3.54. The molecule has 0 amide bonds. The molecule has 0 unspecified atom stereocenters. The van der Waals surface area contributed by atoms with Crippen LogP contribution in [0.5, 0.6) is 0 Å². The van der Waals surface area contributed by atoms with E-state index in [1.807, 2.05) is 11.3 Å². The van der Waals surface area contributed by atoms with Crippen molar-refractivity contribution in [1.29, 1.82) is 0 Å². The average Bonchev–Trinajstić information content (AvgIpc) is 3.15. The molecular formula is C15H16BrNS. The largest absolute Gasteiger partial charge is 0.291 e. The van der Waals surface area contributed by atoms with E-state index in [9.17, 15) is 0 Å². The van der Waals surface area contributed by atoms with Crippen LogP contribution >= 0.6 is 27.3 Å². The normalized spacial score (nSPS) is 15.2. The molecule has 94 valence electrons. The Bertz CT molecular complexity index is 504. The summed E-state index contributed by atoms with van der Waals surface area (Å²) in [6.07, 6.45) is 2.72. The van der Waals surface area contributed by atoms with Gasteiger partial charge in [0.1, 0.15) is 0 Å². The van der Waals surface area contributed by atoms with Crippen molar-refractivity contribution in [3.05, 3.63) is 56.7 Å². The Morgan fingerprint density at radius 3 is 2.44 bits per heavy atom. The number of halogens is 1. The molecule has 0 N–H and O–H groups in total. The Hall–Kier alpha value is -0.640. The summed E-state index contributed by atoms with van der Waals surface area (Å²) in [4.78, 5) is 4.05. The minimum Gasteiger partial charge on any atom is -0.291 e. The number of benzene rings is 1. The van der Waals surface area contributed by atoms with Crippen molar-refractivity contribution < 1.29 is 0 Å². The van der Waals surface area contributed by atoms with Gasteiger partial charge in [-0.1, -0.05) is 30.3 Å². The average molecular weight is 322 g/mol. The van der Waals surface area contributed by atoms with Crippen molar-refractivity contribution in [2.45, 2.75) is 32.0 Å². The predicted molar refractivity (Wildman–Crippen MR) is 80.7 cm³/mol. The molecule has 1 saturated carbocycles. The lowest BCUT2D eigenvalue weighted by atomic mass is 10.2. The van der Waals surface area contributed by atoms with E-state index in [1.54, 1.807) is 0 Å². The molecule has 0 radical (unpaired) electrons. The molecule has 1 fully saturated rings.